The maximum absolute atomic E-state index is 13.8. The molecule has 1 amide bonds. The summed E-state index contributed by atoms with van der Waals surface area (Å²) in [5.74, 6) is -1.92. The summed E-state index contributed by atoms with van der Waals surface area (Å²) in [6.07, 6.45) is -4.79. The van der Waals surface area contributed by atoms with Gasteiger partial charge in [0.2, 0.25) is 5.91 Å². The highest BCUT2D eigenvalue weighted by Gasteiger charge is 2.37. The van der Waals surface area contributed by atoms with Gasteiger partial charge in [-0.15, -0.1) is 11.6 Å². The molecule has 0 aromatic heterocycles. The molecule has 1 aromatic carbocycles. The highest BCUT2D eigenvalue weighted by Crippen LogP contribution is 2.36. The van der Waals surface area contributed by atoms with E-state index in [2.05, 4.69) is 0 Å². The normalized spacial score (nSPS) is 20.6. The Morgan fingerprint density at radius 2 is 2.00 bits per heavy atom. The average molecular weight is 282 g/mol. The molecular weight excluding hydrogens is 274 g/mol. The van der Waals surface area contributed by atoms with Gasteiger partial charge >= 0.3 is 6.18 Å². The molecule has 0 bridgehead atoms. The first kappa shape index (κ1) is 13.1. The Labute approximate surface area is 105 Å². The van der Waals surface area contributed by atoms with Gasteiger partial charge in [-0.1, -0.05) is 6.07 Å². The van der Waals surface area contributed by atoms with E-state index in [0.717, 1.165) is 17.0 Å². The molecule has 7 heteroatoms. The molecule has 0 spiro atoms. The van der Waals surface area contributed by atoms with E-state index in [1.807, 2.05) is 0 Å². The van der Waals surface area contributed by atoms with E-state index >= 15 is 0 Å². The largest absolute Gasteiger partial charge is 0.419 e. The number of rotatable bonds is 1. The lowest BCUT2D eigenvalue weighted by molar-refractivity contribution is -0.140. The van der Waals surface area contributed by atoms with Gasteiger partial charge in [-0.25, -0.2) is 4.39 Å². The van der Waals surface area contributed by atoms with Crippen LogP contribution in [-0.4, -0.2) is 17.8 Å². The Morgan fingerprint density at radius 1 is 1.33 bits per heavy atom. The minimum Gasteiger partial charge on any atom is -0.308 e. The maximum atomic E-state index is 13.8. The summed E-state index contributed by atoms with van der Waals surface area (Å²) in [7, 11) is 0. The van der Waals surface area contributed by atoms with Gasteiger partial charge in [0.05, 0.1) is 16.6 Å². The predicted octanol–water partition coefficient (Wildman–Crippen LogP) is 3.19. The summed E-state index contributed by atoms with van der Waals surface area (Å²) in [5, 5.41) is -0.508. The average Bonchev–Trinajstić information content (AvgIpc) is 2.56. The number of carbonyl (C=O) groups is 1. The second-order valence-corrected chi connectivity index (χ2v) is 4.56. The van der Waals surface area contributed by atoms with E-state index in [-0.39, 0.29) is 18.7 Å². The third-order valence-electron chi connectivity index (χ3n) is 2.65. The van der Waals surface area contributed by atoms with Crippen molar-refractivity contribution >= 4 is 23.2 Å². The minimum atomic E-state index is -4.79. The van der Waals surface area contributed by atoms with Crippen LogP contribution in [0.25, 0.3) is 0 Å². The van der Waals surface area contributed by atoms with Gasteiger partial charge in [-0.05, 0) is 12.1 Å². The van der Waals surface area contributed by atoms with E-state index < -0.39 is 28.8 Å². The molecule has 18 heavy (non-hydrogen) atoms. The highest BCUT2D eigenvalue weighted by atomic mass is 35.5. The zero-order valence-corrected chi connectivity index (χ0v) is 9.72. The smallest absolute Gasteiger partial charge is 0.308 e. The monoisotopic (exact) mass is 281 g/mol. The molecule has 0 saturated carbocycles. The van der Waals surface area contributed by atoms with Crippen LogP contribution in [0, 0.1) is 5.82 Å². The molecule has 1 unspecified atom stereocenters. The fourth-order valence-corrected chi connectivity index (χ4v) is 2.11. The zero-order chi connectivity index (χ0) is 13.5. The second kappa shape index (κ2) is 4.42. The van der Waals surface area contributed by atoms with Gasteiger partial charge in [-0.2, -0.15) is 13.2 Å². The summed E-state index contributed by atoms with van der Waals surface area (Å²) in [6.45, 7) is 0.0125. The van der Waals surface area contributed by atoms with Crippen LogP contribution in [0.4, 0.5) is 23.2 Å². The number of carbonyl (C=O) groups excluding carboxylic acids is 1. The number of halogens is 5. The Hall–Kier alpha value is -1.30. The SMILES string of the molecule is O=C1CC(Cl)CN1c1cccc(C(F)(F)F)c1F. The van der Waals surface area contributed by atoms with Crippen LogP contribution in [-0.2, 0) is 11.0 Å². The van der Waals surface area contributed by atoms with E-state index in [0.29, 0.717) is 6.07 Å². The number of benzene rings is 1. The molecule has 1 saturated heterocycles. The Bertz CT molecular complexity index is 488. The Kier molecular flexibility index (Phi) is 3.23. The maximum Gasteiger partial charge on any atom is 0.419 e. The lowest BCUT2D eigenvalue weighted by Gasteiger charge is -2.19. The van der Waals surface area contributed by atoms with Gasteiger partial charge in [0.15, 0.2) is 5.82 Å². The van der Waals surface area contributed by atoms with Crippen molar-refractivity contribution in [2.24, 2.45) is 0 Å². The van der Waals surface area contributed by atoms with Crippen molar-refractivity contribution in [3.8, 4) is 0 Å². The second-order valence-electron chi connectivity index (χ2n) is 3.94. The number of amides is 1. The van der Waals surface area contributed by atoms with Crippen LogP contribution in [0.1, 0.15) is 12.0 Å². The summed E-state index contributed by atoms with van der Waals surface area (Å²) in [5.41, 5.74) is -1.76. The number of nitrogens with zero attached hydrogens (tertiary/aromatic N) is 1. The fraction of sp³-hybridized carbons (Fsp3) is 0.364. The molecule has 0 radical (unpaired) electrons. The van der Waals surface area contributed by atoms with Crippen LogP contribution >= 0.6 is 11.6 Å². The van der Waals surface area contributed by atoms with Crippen molar-refractivity contribution in [2.45, 2.75) is 18.0 Å². The van der Waals surface area contributed by atoms with Crippen LogP contribution < -0.4 is 4.90 Å². The molecule has 2 nitrogen and oxygen atoms in total. The highest BCUT2D eigenvalue weighted by molar-refractivity contribution is 6.24. The van der Waals surface area contributed by atoms with Crippen molar-refractivity contribution in [3.63, 3.8) is 0 Å². The van der Waals surface area contributed by atoms with Gasteiger partial charge in [0.25, 0.3) is 0 Å². The lowest BCUT2D eigenvalue weighted by atomic mass is 10.1. The molecule has 0 aliphatic carbocycles. The predicted molar refractivity (Wildman–Crippen MR) is 58.0 cm³/mol. The molecule has 2 rings (SSSR count). The Balaban J connectivity index is 2.44. The van der Waals surface area contributed by atoms with Gasteiger partial charge in [0.1, 0.15) is 0 Å². The standard InChI is InChI=1S/C11H8ClF4NO/c12-6-4-9(18)17(5-6)8-3-1-2-7(10(8)13)11(14,15)16/h1-3,6H,4-5H2. The first-order chi connectivity index (χ1) is 8.30. The first-order valence-electron chi connectivity index (χ1n) is 5.11. The van der Waals surface area contributed by atoms with Gasteiger partial charge in [-0.3, -0.25) is 4.79 Å². The summed E-state index contributed by atoms with van der Waals surface area (Å²) >= 11 is 5.73. The molecule has 1 atom stereocenters. The van der Waals surface area contributed by atoms with Crippen molar-refractivity contribution in [3.05, 3.63) is 29.6 Å². The molecule has 1 aliphatic heterocycles. The molecule has 98 valence electrons. The number of hydrogen-bond donors (Lipinski definition) is 0. The van der Waals surface area contributed by atoms with E-state index in [4.69, 9.17) is 11.6 Å². The van der Waals surface area contributed by atoms with Crippen LogP contribution in [0.5, 0.6) is 0 Å². The molecule has 1 fully saturated rings. The number of hydrogen-bond acceptors (Lipinski definition) is 1. The van der Waals surface area contributed by atoms with Gasteiger partial charge in [0, 0.05) is 13.0 Å². The third kappa shape index (κ3) is 2.29. The molecule has 1 aliphatic rings. The topological polar surface area (TPSA) is 20.3 Å². The van der Waals surface area contributed by atoms with E-state index in [9.17, 15) is 22.4 Å². The number of anilines is 1. The molecule has 1 heterocycles. The minimum absolute atomic E-state index is 0.00274. The van der Waals surface area contributed by atoms with Crippen molar-refractivity contribution in [1.29, 1.82) is 0 Å². The van der Waals surface area contributed by atoms with Crippen LogP contribution in [0.3, 0.4) is 0 Å². The van der Waals surface area contributed by atoms with Crippen LogP contribution in [0.2, 0.25) is 0 Å². The first-order valence-corrected chi connectivity index (χ1v) is 5.54. The van der Waals surface area contributed by atoms with Crippen molar-refractivity contribution in [2.75, 3.05) is 11.4 Å². The van der Waals surface area contributed by atoms with Crippen molar-refractivity contribution < 1.29 is 22.4 Å². The summed E-state index contributed by atoms with van der Waals surface area (Å²) in [4.78, 5) is 12.4. The van der Waals surface area contributed by atoms with Gasteiger partial charge < -0.3 is 4.90 Å². The summed E-state index contributed by atoms with van der Waals surface area (Å²) in [6, 6.07) is 2.84. The molecule has 1 aromatic rings. The van der Waals surface area contributed by atoms with Crippen LogP contribution in [0.15, 0.2) is 18.2 Å². The van der Waals surface area contributed by atoms with E-state index in [1.165, 1.54) is 0 Å². The zero-order valence-electron chi connectivity index (χ0n) is 8.97. The Morgan fingerprint density at radius 3 is 2.50 bits per heavy atom. The quantitative estimate of drug-likeness (QED) is 0.572. The fourth-order valence-electron chi connectivity index (χ4n) is 1.84. The van der Waals surface area contributed by atoms with E-state index in [1.54, 1.807) is 0 Å². The third-order valence-corrected chi connectivity index (χ3v) is 2.94. The number of alkyl halides is 4. The van der Waals surface area contributed by atoms with Crippen molar-refractivity contribution in [1.82, 2.24) is 0 Å². The molecular formula is C11H8ClF4NO. The lowest BCUT2D eigenvalue weighted by Crippen LogP contribution is -2.26. The molecule has 0 N–H and O–H groups in total. The summed E-state index contributed by atoms with van der Waals surface area (Å²) < 4.78 is 51.3.